The van der Waals surface area contributed by atoms with Gasteiger partial charge in [-0.25, -0.2) is 0 Å². The average molecular weight is 127 g/mol. The van der Waals surface area contributed by atoms with Gasteiger partial charge in [-0.15, -0.1) is 0 Å². The van der Waals surface area contributed by atoms with Crippen LogP contribution in [0.5, 0.6) is 0 Å². The maximum Gasteiger partial charge on any atom is 0.296 e. The zero-order chi connectivity index (χ0) is 7.28. The van der Waals surface area contributed by atoms with Crippen molar-refractivity contribution >= 4 is 5.91 Å². The molecule has 0 spiro atoms. The lowest BCUT2D eigenvalue weighted by Crippen LogP contribution is -2.28. The summed E-state index contributed by atoms with van der Waals surface area (Å²) < 4.78 is 0. The standard InChI is InChI=1S/C7H11NO.H2/c1-4-5-7(9)8-6(2)3;/h6H,1-3H3,(H,8,9);1H. The van der Waals surface area contributed by atoms with E-state index in [0.717, 1.165) is 0 Å². The number of hydrogen-bond acceptors (Lipinski definition) is 1. The molecule has 0 heterocycles. The second-order valence-electron chi connectivity index (χ2n) is 2.00. The first kappa shape index (κ1) is 8.03. The molecule has 1 N–H and O–H groups in total. The van der Waals surface area contributed by atoms with E-state index in [9.17, 15) is 4.79 Å². The van der Waals surface area contributed by atoms with Crippen molar-refractivity contribution in [1.29, 1.82) is 0 Å². The van der Waals surface area contributed by atoms with Gasteiger partial charge in [0.25, 0.3) is 5.91 Å². The summed E-state index contributed by atoms with van der Waals surface area (Å²) in [4.78, 5) is 10.6. The molecule has 9 heavy (non-hydrogen) atoms. The minimum absolute atomic E-state index is 0. The SMILES string of the molecule is CC#CC(=O)NC(C)C.[HH]. The molecule has 0 saturated carbocycles. The van der Waals surface area contributed by atoms with Crippen LogP contribution in [0, 0.1) is 11.8 Å². The highest BCUT2D eigenvalue weighted by Crippen LogP contribution is 1.74. The molecule has 0 rings (SSSR count). The lowest BCUT2D eigenvalue weighted by atomic mass is 10.4. The second kappa shape index (κ2) is 3.96. The van der Waals surface area contributed by atoms with E-state index in [0.29, 0.717) is 0 Å². The van der Waals surface area contributed by atoms with Crippen molar-refractivity contribution < 1.29 is 6.22 Å². The quantitative estimate of drug-likeness (QED) is 0.518. The summed E-state index contributed by atoms with van der Waals surface area (Å²) in [7, 11) is 0. The number of hydrogen-bond donors (Lipinski definition) is 1. The van der Waals surface area contributed by atoms with Gasteiger partial charge in [0.1, 0.15) is 0 Å². The van der Waals surface area contributed by atoms with E-state index in [1.54, 1.807) is 6.92 Å². The Morgan fingerprint density at radius 3 is 2.56 bits per heavy atom. The number of amides is 1. The van der Waals surface area contributed by atoms with Crippen LogP contribution >= 0.6 is 0 Å². The van der Waals surface area contributed by atoms with Crippen molar-refractivity contribution in [2.24, 2.45) is 0 Å². The van der Waals surface area contributed by atoms with Crippen LogP contribution in [-0.4, -0.2) is 11.9 Å². The van der Waals surface area contributed by atoms with Gasteiger partial charge in [0, 0.05) is 7.47 Å². The van der Waals surface area contributed by atoms with Gasteiger partial charge < -0.3 is 5.32 Å². The first-order valence-corrected chi connectivity index (χ1v) is 2.90. The summed E-state index contributed by atoms with van der Waals surface area (Å²) in [6, 6.07) is 0.179. The molecule has 0 aromatic carbocycles. The van der Waals surface area contributed by atoms with Gasteiger partial charge in [-0.1, -0.05) is 5.92 Å². The van der Waals surface area contributed by atoms with Gasteiger partial charge in [0.05, 0.1) is 0 Å². The van der Waals surface area contributed by atoms with Crippen LogP contribution < -0.4 is 5.32 Å². The van der Waals surface area contributed by atoms with Crippen molar-refractivity contribution in [2.45, 2.75) is 26.8 Å². The van der Waals surface area contributed by atoms with Crippen LogP contribution in [0.1, 0.15) is 22.2 Å². The van der Waals surface area contributed by atoms with Crippen LogP contribution in [0.15, 0.2) is 0 Å². The molecule has 0 radical (unpaired) electrons. The molecular formula is C7H13NO. The van der Waals surface area contributed by atoms with Gasteiger partial charge in [-0.05, 0) is 26.7 Å². The van der Waals surface area contributed by atoms with E-state index >= 15 is 0 Å². The Kier molecular flexibility index (Phi) is 3.54. The molecule has 0 unspecified atom stereocenters. The van der Waals surface area contributed by atoms with Gasteiger partial charge in [0.15, 0.2) is 0 Å². The monoisotopic (exact) mass is 127 g/mol. The number of rotatable bonds is 1. The molecule has 0 fully saturated rings. The molecule has 52 valence electrons. The van der Waals surface area contributed by atoms with E-state index < -0.39 is 0 Å². The molecule has 2 nitrogen and oxygen atoms in total. The Morgan fingerprint density at radius 2 is 2.22 bits per heavy atom. The zero-order valence-corrected chi connectivity index (χ0v) is 5.99. The lowest BCUT2D eigenvalue weighted by Gasteiger charge is -2.01. The summed E-state index contributed by atoms with van der Waals surface area (Å²) >= 11 is 0. The van der Waals surface area contributed by atoms with Crippen LogP contribution in [-0.2, 0) is 4.79 Å². The summed E-state index contributed by atoms with van der Waals surface area (Å²) in [5, 5.41) is 2.63. The summed E-state index contributed by atoms with van der Waals surface area (Å²) in [5.74, 6) is 4.69. The molecule has 0 aliphatic carbocycles. The van der Waals surface area contributed by atoms with Gasteiger partial charge in [0.2, 0.25) is 0 Å². The Balaban J connectivity index is 0. The molecule has 1 amide bonds. The highest BCUT2D eigenvalue weighted by Gasteiger charge is 1.95. The van der Waals surface area contributed by atoms with Crippen LogP contribution in [0.2, 0.25) is 0 Å². The summed E-state index contributed by atoms with van der Waals surface area (Å²) in [5.41, 5.74) is 0. The summed E-state index contributed by atoms with van der Waals surface area (Å²) in [6.07, 6.45) is 0. The molecule has 0 aliphatic heterocycles. The highest BCUT2D eigenvalue weighted by molar-refractivity contribution is 5.93. The topological polar surface area (TPSA) is 29.1 Å². The number of nitrogens with one attached hydrogen (secondary N) is 1. The smallest absolute Gasteiger partial charge is 0.296 e. The van der Waals surface area contributed by atoms with Crippen molar-refractivity contribution in [1.82, 2.24) is 5.32 Å². The first-order chi connectivity index (χ1) is 4.16. The zero-order valence-electron chi connectivity index (χ0n) is 5.99. The maximum atomic E-state index is 10.6. The first-order valence-electron chi connectivity index (χ1n) is 2.90. The van der Waals surface area contributed by atoms with E-state index in [4.69, 9.17) is 0 Å². The van der Waals surface area contributed by atoms with Crippen LogP contribution in [0.25, 0.3) is 0 Å². The minimum Gasteiger partial charge on any atom is -0.343 e. The minimum atomic E-state index is -0.201. The fourth-order valence-electron chi connectivity index (χ4n) is 0.412. The van der Waals surface area contributed by atoms with Crippen LogP contribution in [0.4, 0.5) is 0 Å². The molecule has 0 bridgehead atoms. The highest BCUT2D eigenvalue weighted by atomic mass is 16.1. The summed E-state index contributed by atoms with van der Waals surface area (Å²) in [6.45, 7) is 5.43. The van der Waals surface area contributed by atoms with E-state index in [1.807, 2.05) is 13.8 Å². The third-order valence-corrected chi connectivity index (χ3v) is 0.658. The fourth-order valence-corrected chi connectivity index (χ4v) is 0.412. The normalized spacial score (nSPS) is 8.00. The fraction of sp³-hybridized carbons (Fsp3) is 0.571. The Morgan fingerprint density at radius 1 is 1.67 bits per heavy atom. The predicted molar refractivity (Wildman–Crippen MR) is 38.8 cm³/mol. The van der Waals surface area contributed by atoms with Crippen molar-refractivity contribution in [2.75, 3.05) is 0 Å². The predicted octanol–water partition coefficient (Wildman–Crippen LogP) is 0.780. The van der Waals surface area contributed by atoms with E-state index in [1.165, 1.54) is 0 Å². The van der Waals surface area contributed by atoms with E-state index in [-0.39, 0.29) is 13.4 Å². The molecule has 2 heteroatoms. The number of carbonyl (C=O) groups excluding carboxylic acids is 1. The lowest BCUT2D eigenvalue weighted by molar-refractivity contribution is -0.116. The van der Waals surface area contributed by atoms with Crippen molar-refractivity contribution in [3.8, 4) is 11.8 Å². The van der Waals surface area contributed by atoms with Crippen molar-refractivity contribution in [3.05, 3.63) is 0 Å². The second-order valence-corrected chi connectivity index (χ2v) is 2.00. The van der Waals surface area contributed by atoms with Gasteiger partial charge in [-0.2, -0.15) is 0 Å². The third-order valence-electron chi connectivity index (χ3n) is 0.658. The molecular weight excluding hydrogens is 114 g/mol. The molecule has 0 aromatic rings. The average Bonchev–Trinajstić information content (AvgIpc) is 1.63. The molecule has 0 aliphatic rings. The number of carbonyl (C=O) groups is 1. The maximum absolute atomic E-state index is 10.6. The van der Waals surface area contributed by atoms with Gasteiger partial charge >= 0.3 is 0 Å². The van der Waals surface area contributed by atoms with Gasteiger partial charge in [-0.3, -0.25) is 4.79 Å². The molecule has 0 atom stereocenters. The Hall–Kier alpha value is -0.970. The molecule has 0 aromatic heterocycles. The molecule has 0 saturated heterocycles. The Labute approximate surface area is 57.1 Å². The third kappa shape index (κ3) is 4.89. The largest absolute Gasteiger partial charge is 0.343 e. The van der Waals surface area contributed by atoms with Crippen LogP contribution in [0.3, 0.4) is 0 Å². The van der Waals surface area contributed by atoms with Crippen molar-refractivity contribution in [3.63, 3.8) is 0 Å². The van der Waals surface area contributed by atoms with E-state index in [2.05, 4.69) is 17.2 Å². The Bertz CT molecular complexity index is 155.